The van der Waals surface area contributed by atoms with E-state index in [0.717, 1.165) is 5.92 Å². The van der Waals surface area contributed by atoms with Crippen LogP contribution < -0.4 is 11.1 Å². The van der Waals surface area contributed by atoms with Crippen LogP contribution in [0.25, 0.3) is 0 Å². The summed E-state index contributed by atoms with van der Waals surface area (Å²) in [5, 5.41) is 3.66. The second-order valence-electron chi connectivity index (χ2n) is 4.97. The Balaban J connectivity index is 2.16. The van der Waals surface area contributed by atoms with Crippen LogP contribution in [0.15, 0.2) is 0 Å². The van der Waals surface area contributed by atoms with Gasteiger partial charge in [-0.15, -0.1) is 0 Å². The van der Waals surface area contributed by atoms with Gasteiger partial charge in [-0.1, -0.05) is 13.8 Å². The lowest BCUT2D eigenvalue weighted by molar-refractivity contribution is 0.389. The Morgan fingerprint density at radius 3 is 2.46 bits per heavy atom. The molecule has 3 N–H and O–H groups in total. The van der Waals surface area contributed by atoms with E-state index in [9.17, 15) is 0 Å². The normalized spacial score (nSPS) is 31.2. The van der Waals surface area contributed by atoms with Crippen molar-refractivity contribution >= 4 is 0 Å². The summed E-state index contributed by atoms with van der Waals surface area (Å²) in [5.41, 5.74) is 5.86. The summed E-state index contributed by atoms with van der Waals surface area (Å²) in [5.74, 6) is 0.789. The molecule has 1 aliphatic carbocycles. The van der Waals surface area contributed by atoms with Crippen molar-refractivity contribution in [2.24, 2.45) is 11.7 Å². The molecule has 0 heterocycles. The molecule has 2 nitrogen and oxygen atoms in total. The van der Waals surface area contributed by atoms with Gasteiger partial charge in [-0.25, -0.2) is 0 Å². The predicted molar refractivity (Wildman–Crippen MR) is 57.7 cm³/mol. The van der Waals surface area contributed by atoms with E-state index in [1.54, 1.807) is 0 Å². The highest BCUT2D eigenvalue weighted by Crippen LogP contribution is 2.18. The van der Waals surface area contributed by atoms with Gasteiger partial charge in [0.1, 0.15) is 0 Å². The number of hydrogen-bond acceptors (Lipinski definition) is 2. The summed E-state index contributed by atoms with van der Waals surface area (Å²) in [6.45, 7) is 6.83. The van der Waals surface area contributed by atoms with Gasteiger partial charge in [0, 0.05) is 18.1 Å². The van der Waals surface area contributed by atoms with E-state index in [0.29, 0.717) is 18.1 Å². The van der Waals surface area contributed by atoms with E-state index < -0.39 is 0 Å². The Morgan fingerprint density at radius 2 is 2.00 bits per heavy atom. The summed E-state index contributed by atoms with van der Waals surface area (Å²) in [4.78, 5) is 0. The average molecular weight is 184 g/mol. The molecule has 1 aliphatic rings. The average Bonchev–Trinajstić information content (AvgIpc) is 2.33. The molecule has 0 bridgehead atoms. The van der Waals surface area contributed by atoms with Crippen molar-refractivity contribution in [3.05, 3.63) is 0 Å². The number of nitrogens with one attached hydrogen (secondary N) is 1. The first kappa shape index (κ1) is 11.0. The molecule has 0 aliphatic heterocycles. The van der Waals surface area contributed by atoms with Crippen molar-refractivity contribution in [2.75, 3.05) is 0 Å². The Hall–Kier alpha value is -0.0800. The molecule has 13 heavy (non-hydrogen) atoms. The smallest absolute Gasteiger partial charge is 0.00848 e. The fourth-order valence-electron chi connectivity index (χ4n) is 2.35. The van der Waals surface area contributed by atoms with E-state index in [1.807, 2.05) is 0 Å². The van der Waals surface area contributed by atoms with Gasteiger partial charge >= 0.3 is 0 Å². The first-order valence-corrected chi connectivity index (χ1v) is 5.59. The third-order valence-corrected chi connectivity index (χ3v) is 2.82. The topological polar surface area (TPSA) is 38.0 Å². The highest BCUT2D eigenvalue weighted by Gasteiger charge is 2.22. The van der Waals surface area contributed by atoms with Crippen LogP contribution in [0.4, 0.5) is 0 Å². The molecule has 0 spiro atoms. The summed E-state index contributed by atoms with van der Waals surface area (Å²) < 4.78 is 0. The summed E-state index contributed by atoms with van der Waals surface area (Å²) in [7, 11) is 0. The Labute approximate surface area is 82.3 Å². The molecule has 2 heteroatoms. The Morgan fingerprint density at radius 1 is 1.31 bits per heavy atom. The van der Waals surface area contributed by atoms with Crippen LogP contribution in [0.5, 0.6) is 0 Å². The van der Waals surface area contributed by atoms with Gasteiger partial charge < -0.3 is 11.1 Å². The van der Waals surface area contributed by atoms with Gasteiger partial charge in [0.25, 0.3) is 0 Å². The molecule has 0 amide bonds. The Kier molecular flexibility index (Phi) is 4.20. The van der Waals surface area contributed by atoms with E-state index in [4.69, 9.17) is 5.73 Å². The quantitative estimate of drug-likeness (QED) is 0.700. The van der Waals surface area contributed by atoms with Crippen LogP contribution in [0.2, 0.25) is 0 Å². The van der Waals surface area contributed by atoms with Gasteiger partial charge in [-0.05, 0) is 38.5 Å². The second-order valence-corrected chi connectivity index (χ2v) is 4.97. The minimum atomic E-state index is 0.448. The van der Waals surface area contributed by atoms with Gasteiger partial charge in [-0.3, -0.25) is 0 Å². The summed E-state index contributed by atoms with van der Waals surface area (Å²) >= 11 is 0. The second kappa shape index (κ2) is 4.97. The van der Waals surface area contributed by atoms with Crippen molar-refractivity contribution in [1.82, 2.24) is 5.32 Å². The lowest BCUT2D eigenvalue weighted by Gasteiger charge is -2.20. The van der Waals surface area contributed by atoms with Gasteiger partial charge in [-0.2, -0.15) is 0 Å². The molecule has 0 aromatic carbocycles. The maximum absolute atomic E-state index is 5.86. The molecule has 0 saturated heterocycles. The molecule has 0 aromatic heterocycles. The summed E-state index contributed by atoms with van der Waals surface area (Å²) in [6, 6.07) is 1.78. The largest absolute Gasteiger partial charge is 0.328 e. The maximum Gasteiger partial charge on any atom is 0.00848 e. The van der Waals surface area contributed by atoms with Crippen molar-refractivity contribution < 1.29 is 0 Å². The van der Waals surface area contributed by atoms with E-state index >= 15 is 0 Å². The molecular formula is C11H24N2. The van der Waals surface area contributed by atoms with Gasteiger partial charge in [0.05, 0.1) is 0 Å². The first-order chi connectivity index (χ1) is 6.08. The van der Waals surface area contributed by atoms with Crippen LogP contribution in [0.3, 0.4) is 0 Å². The third kappa shape index (κ3) is 4.10. The molecule has 0 radical (unpaired) electrons. The zero-order valence-electron chi connectivity index (χ0n) is 9.22. The zero-order chi connectivity index (χ0) is 9.84. The minimum absolute atomic E-state index is 0.448. The van der Waals surface area contributed by atoms with Gasteiger partial charge in [0.15, 0.2) is 0 Å². The molecular weight excluding hydrogens is 160 g/mol. The number of hydrogen-bond donors (Lipinski definition) is 2. The van der Waals surface area contributed by atoms with Crippen LogP contribution in [0, 0.1) is 5.92 Å². The number of rotatable bonds is 4. The maximum atomic E-state index is 5.86. The molecule has 78 valence electrons. The van der Waals surface area contributed by atoms with Crippen molar-refractivity contribution in [3.63, 3.8) is 0 Å². The highest BCUT2D eigenvalue weighted by atomic mass is 15.0. The molecule has 1 fully saturated rings. The van der Waals surface area contributed by atoms with Crippen LogP contribution in [0.1, 0.15) is 46.5 Å². The Bertz CT molecular complexity index is 145. The predicted octanol–water partition coefficient (Wildman–Crippen LogP) is 1.89. The molecule has 0 aromatic rings. The van der Waals surface area contributed by atoms with Crippen molar-refractivity contribution in [1.29, 1.82) is 0 Å². The van der Waals surface area contributed by atoms with Crippen molar-refractivity contribution in [2.45, 2.75) is 64.6 Å². The van der Waals surface area contributed by atoms with Crippen molar-refractivity contribution in [3.8, 4) is 0 Å². The standard InChI is InChI=1S/C11H24N2/c1-8(2)6-9(3)13-11-5-4-10(12)7-11/h8-11,13H,4-7,12H2,1-3H3. The van der Waals surface area contributed by atoms with Crippen LogP contribution in [-0.2, 0) is 0 Å². The van der Waals surface area contributed by atoms with E-state index in [-0.39, 0.29) is 0 Å². The molecule has 3 atom stereocenters. The molecule has 1 rings (SSSR count). The fraction of sp³-hybridized carbons (Fsp3) is 1.00. The monoisotopic (exact) mass is 184 g/mol. The molecule has 3 unspecified atom stereocenters. The number of nitrogens with two attached hydrogens (primary N) is 1. The summed E-state index contributed by atoms with van der Waals surface area (Å²) in [6.07, 6.45) is 4.91. The molecule has 1 saturated carbocycles. The zero-order valence-corrected chi connectivity index (χ0v) is 9.22. The third-order valence-electron chi connectivity index (χ3n) is 2.82. The van der Waals surface area contributed by atoms with Crippen LogP contribution >= 0.6 is 0 Å². The SMILES string of the molecule is CC(C)CC(C)NC1CCC(N)C1. The van der Waals surface area contributed by atoms with Gasteiger partial charge in [0.2, 0.25) is 0 Å². The lowest BCUT2D eigenvalue weighted by atomic mass is 10.0. The minimum Gasteiger partial charge on any atom is -0.328 e. The first-order valence-electron chi connectivity index (χ1n) is 5.59. The van der Waals surface area contributed by atoms with E-state index in [1.165, 1.54) is 25.7 Å². The fourth-order valence-corrected chi connectivity index (χ4v) is 2.35. The van der Waals surface area contributed by atoms with Crippen LogP contribution in [-0.4, -0.2) is 18.1 Å². The van der Waals surface area contributed by atoms with E-state index in [2.05, 4.69) is 26.1 Å². The highest BCUT2D eigenvalue weighted by molar-refractivity contribution is 4.84. The lowest BCUT2D eigenvalue weighted by Crippen LogP contribution is -2.36.